The van der Waals surface area contributed by atoms with Gasteiger partial charge in [-0.05, 0) is 19.3 Å². The van der Waals surface area contributed by atoms with Crippen LogP contribution in [0.25, 0.3) is 0 Å². The highest BCUT2D eigenvalue weighted by molar-refractivity contribution is 5.97. The first-order chi connectivity index (χ1) is 8.52. The van der Waals surface area contributed by atoms with Crippen LogP contribution in [0.2, 0.25) is 0 Å². The Morgan fingerprint density at radius 3 is 2.50 bits per heavy atom. The zero-order chi connectivity index (χ0) is 13.7. The van der Waals surface area contributed by atoms with Gasteiger partial charge in [0, 0.05) is 13.2 Å². The lowest BCUT2D eigenvalue weighted by Crippen LogP contribution is -2.65. The smallest absolute Gasteiger partial charge is 0.246 e. The van der Waals surface area contributed by atoms with Crippen molar-refractivity contribution < 1.29 is 14.3 Å². The van der Waals surface area contributed by atoms with Crippen LogP contribution in [-0.2, 0) is 14.3 Å². The summed E-state index contributed by atoms with van der Waals surface area (Å²) in [6.07, 6.45) is 0.633. The zero-order valence-electron chi connectivity index (χ0n) is 11.7. The fourth-order valence-electron chi connectivity index (χ4n) is 2.22. The fourth-order valence-corrected chi connectivity index (χ4v) is 2.22. The molecule has 1 heterocycles. The minimum Gasteiger partial charge on any atom is -0.380 e. The molecule has 1 fully saturated rings. The summed E-state index contributed by atoms with van der Waals surface area (Å²) in [6, 6.07) is -0.755. The average molecular weight is 256 g/mol. The van der Waals surface area contributed by atoms with Crippen LogP contribution in [0.1, 0.15) is 34.1 Å². The van der Waals surface area contributed by atoms with Gasteiger partial charge >= 0.3 is 0 Å². The molecular formula is C13H24N2O3. The van der Waals surface area contributed by atoms with Gasteiger partial charge in [-0.25, -0.2) is 0 Å². The molecule has 1 N–H and O–H groups in total. The molecule has 2 unspecified atom stereocenters. The summed E-state index contributed by atoms with van der Waals surface area (Å²) in [5, 5.41) is 2.82. The Kier molecular flexibility index (Phi) is 5.59. The van der Waals surface area contributed by atoms with Crippen molar-refractivity contribution in [3.05, 3.63) is 0 Å². The van der Waals surface area contributed by atoms with Crippen LogP contribution in [-0.4, -0.2) is 48.6 Å². The quantitative estimate of drug-likeness (QED) is 0.715. The van der Waals surface area contributed by atoms with Crippen LogP contribution in [0.3, 0.4) is 0 Å². The third-order valence-corrected chi connectivity index (χ3v) is 3.26. The number of ether oxygens (including phenoxy) is 1. The molecule has 1 rings (SSSR count). The molecule has 0 spiro atoms. The molecule has 18 heavy (non-hydrogen) atoms. The monoisotopic (exact) mass is 256 g/mol. The normalized spacial score (nSPS) is 24.6. The second kappa shape index (κ2) is 6.73. The fraction of sp³-hybridized carbons (Fsp3) is 0.846. The molecule has 1 saturated heterocycles. The summed E-state index contributed by atoms with van der Waals surface area (Å²) >= 11 is 0. The van der Waals surface area contributed by atoms with Crippen molar-refractivity contribution in [2.75, 3.05) is 19.8 Å². The highest BCUT2D eigenvalue weighted by Gasteiger charge is 2.40. The minimum atomic E-state index is -0.401. The van der Waals surface area contributed by atoms with Gasteiger partial charge in [0.05, 0.1) is 6.61 Å². The van der Waals surface area contributed by atoms with Gasteiger partial charge < -0.3 is 15.0 Å². The predicted octanol–water partition coefficient (Wildman–Crippen LogP) is 0.784. The maximum absolute atomic E-state index is 12.3. The maximum Gasteiger partial charge on any atom is 0.246 e. The molecule has 2 amide bonds. The van der Waals surface area contributed by atoms with Gasteiger partial charge in [-0.3, -0.25) is 9.59 Å². The third kappa shape index (κ3) is 3.22. The maximum atomic E-state index is 12.3. The minimum absolute atomic E-state index is 0.0103. The zero-order valence-corrected chi connectivity index (χ0v) is 11.7. The summed E-state index contributed by atoms with van der Waals surface area (Å²) in [7, 11) is 0. The van der Waals surface area contributed by atoms with Gasteiger partial charge in [-0.1, -0.05) is 20.8 Å². The molecule has 0 radical (unpaired) electrons. The first kappa shape index (κ1) is 15.0. The average Bonchev–Trinajstić information content (AvgIpc) is 2.33. The number of amides is 2. The van der Waals surface area contributed by atoms with Gasteiger partial charge in [0.25, 0.3) is 0 Å². The summed E-state index contributed by atoms with van der Waals surface area (Å²) in [5.41, 5.74) is 0. The van der Waals surface area contributed by atoms with E-state index in [-0.39, 0.29) is 23.8 Å². The van der Waals surface area contributed by atoms with Crippen LogP contribution in [0.4, 0.5) is 0 Å². The number of rotatable bonds is 6. The van der Waals surface area contributed by atoms with E-state index in [1.54, 1.807) is 4.90 Å². The summed E-state index contributed by atoms with van der Waals surface area (Å²) in [6.45, 7) is 9.31. The van der Waals surface area contributed by atoms with Crippen molar-refractivity contribution in [1.82, 2.24) is 10.2 Å². The lowest BCUT2D eigenvalue weighted by atomic mass is 9.97. The Labute approximate surface area is 109 Å². The van der Waals surface area contributed by atoms with E-state index in [1.807, 2.05) is 27.7 Å². The Morgan fingerprint density at radius 2 is 2.00 bits per heavy atom. The topological polar surface area (TPSA) is 58.6 Å². The molecule has 0 aromatic heterocycles. The molecule has 0 saturated carbocycles. The molecule has 5 nitrogen and oxygen atoms in total. The van der Waals surface area contributed by atoms with Gasteiger partial charge in [0.1, 0.15) is 12.1 Å². The van der Waals surface area contributed by atoms with E-state index < -0.39 is 6.04 Å². The van der Waals surface area contributed by atoms with Crippen molar-refractivity contribution in [3.63, 3.8) is 0 Å². The van der Waals surface area contributed by atoms with Crippen LogP contribution >= 0.6 is 0 Å². The SMILES string of the molecule is CCOCCN1C(=O)C(C(C)C)NC(=O)C1CC. The van der Waals surface area contributed by atoms with E-state index in [1.165, 1.54) is 0 Å². The van der Waals surface area contributed by atoms with Gasteiger partial charge in [0.15, 0.2) is 0 Å². The molecular weight excluding hydrogens is 232 g/mol. The number of carbonyl (C=O) groups excluding carboxylic acids is 2. The Bertz CT molecular complexity index is 305. The lowest BCUT2D eigenvalue weighted by Gasteiger charge is -2.39. The van der Waals surface area contributed by atoms with E-state index in [4.69, 9.17) is 4.74 Å². The summed E-state index contributed by atoms with van der Waals surface area (Å²) in [4.78, 5) is 26.0. The van der Waals surface area contributed by atoms with E-state index in [9.17, 15) is 9.59 Å². The van der Waals surface area contributed by atoms with E-state index in [0.717, 1.165) is 0 Å². The largest absolute Gasteiger partial charge is 0.380 e. The number of hydrogen-bond donors (Lipinski definition) is 1. The number of nitrogens with zero attached hydrogens (tertiary/aromatic N) is 1. The standard InChI is InChI=1S/C13H24N2O3/c1-5-10-12(16)14-11(9(3)4)13(17)15(10)7-8-18-6-2/h9-11H,5-8H2,1-4H3,(H,14,16). The van der Waals surface area contributed by atoms with Crippen LogP contribution in [0.15, 0.2) is 0 Å². The van der Waals surface area contributed by atoms with Crippen molar-refractivity contribution in [2.45, 2.75) is 46.2 Å². The predicted molar refractivity (Wildman–Crippen MR) is 69.1 cm³/mol. The third-order valence-electron chi connectivity index (χ3n) is 3.26. The van der Waals surface area contributed by atoms with Crippen LogP contribution in [0, 0.1) is 5.92 Å². The van der Waals surface area contributed by atoms with Crippen molar-refractivity contribution in [3.8, 4) is 0 Å². The molecule has 0 aromatic rings. The van der Waals surface area contributed by atoms with Gasteiger partial charge in [-0.15, -0.1) is 0 Å². The first-order valence-corrected chi connectivity index (χ1v) is 6.71. The van der Waals surface area contributed by atoms with Crippen LogP contribution in [0.5, 0.6) is 0 Å². The van der Waals surface area contributed by atoms with Crippen molar-refractivity contribution in [1.29, 1.82) is 0 Å². The Hall–Kier alpha value is -1.10. The van der Waals surface area contributed by atoms with Gasteiger partial charge in [-0.2, -0.15) is 0 Å². The molecule has 0 bridgehead atoms. The second-order valence-corrected chi connectivity index (χ2v) is 4.88. The van der Waals surface area contributed by atoms with Gasteiger partial charge in [0.2, 0.25) is 11.8 Å². The number of hydrogen-bond acceptors (Lipinski definition) is 3. The molecule has 1 aliphatic heterocycles. The second-order valence-electron chi connectivity index (χ2n) is 4.88. The summed E-state index contributed by atoms with van der Waals surface area (Å²) < 4.78 is 5.28. The van der Waals surface area contributed by atoms with E-state index in [2.05, 4.69) is 5.32 Å². The number of carbonyl (C=O) groups is 2. The molecule has 104 valence electrons. The molecule has 2 atom stereocenters. The highest BCUT2D eigenvalue weighted by atomic mass is 16.5. The van der Waals surface area contributed by atoms with Crippen LogP contribution < -0.4 is 5.32 Å². The van der Waals surface area contributed by atoms with Crippen molar-refractivity contribution in [2.24, 2.45) is 5.92 Å². The molecule has 5 heteroatoms. The Morgan fingerprint density at radius 1 is 1.33 bits per heavy atom. The number of nitrogens with one attached hydrogen (secondary N) is 1. The summed E-state index contributed by atoms with van der Waals surface area (Å²) in [5.74, 6) is 0.0669. The lowest BCUT2D eigenvalue weighted by molar-refractivity contribution is -0.151. The molecule has 0 aliphatic carbocycles. The molecule has 1 aliphatic rings. The Balaban J connectivity index is 2.77. The van der Waals surface area contributed by atoms with Crippen molar-refractivity contribution >= 4 is 11.8 Å². The van der Waals surface area contributed by atoms with E-state index >= 15 is 0 Å². The highest BCUT2D eigenvalue weighted by Crippen LogP contribution is 2.17. The number of piperazine rings is 1. The first-order valence-electron chi connectivity index (χ1n) is 6.71. The molecule has 0 aromatic carbocycles. The van der Waals surface area contributed by atoms with E-state index in [0.29, 0.717) is 26.2 Å².